The summed E-state index contributed by atoms with van der Waals surface area (Å²) in [7, 11) is 3.45. The van der Waals surface area contributed by atoms with E-state index in [1.54, 1.807) is 36.0 Å². The van der Waals surface area contributed by atoms with Crippen molar-refractivity contribution in [3.8, 4) is 5.75 Å². The van der Waals surface area contributed by atoms with Gasteiger partial charge in [0.1, 0.15) is 5.75 Å². The quantitative estimate of drug-likeness (QED) is 0.866. The minimum absolute atomic E-state index is 0.0237. The molecular formula is C19H27F2N3O3. The summed E-state index contributed by atoms with van der Waals surface area (Å²) in [6, 6.07) is 6.67. The van der Waals surface area contributed by atoms with E-state index in [-0.39, 0.29) is 17.7 Å². The fourth-order valence-corrected chi connectivity index (χ4v) is 4.05. The van der Waals surface area contributed by atoms with E-state index in [2.05, 4.69) is 9.64 Å². The summed E-state index contributed by atoms with van der Waals surface area (Å²) in [4.78, 5) is 17.8. The number of carbonyl (C=O) groups is 1. The monoisotopic (exact) mass is 383 g/mol. The second-order valence-electron chi connectivity index (χ2n) is 7.68. The average Bonchev–Trinajstić information content (AvgIpc) is 2.60. The van der Waals surface area contributed by atoms with Gasteiger partial charge in [0, 0.05) is 52.7 Å². The third-order valence-corrected chi connectivity index (χ3v) is 5.54. The molecule has 8 heteroatoms. The first-order valence-corrected chi connectivity index (χ1v) is 9.21. The number of rotatable bonds is 4. The number of aliphatic hydroxyl groups is 1. The Morgan fingerprint density at radius 3 is 2.78 bits per heavy atom. The molecule has 1 aromatic carbocycles. The van der Waals surface area contributed by atoms with Gasteiger partial charge in [-0.3, -0.25) is 4.90 Å². The molecule has 3 rings (SSSR count). The van der Waals surface area contributed by atoms with Crippen molar-refractivity contribution in [3.63, 3.8) is 0 Å². The van der Waals surface area contributed by atoms with Gasteiger partial charge in [-0.05, 0) is 30.5 Å². The Hall–Kier alpha value is -1.93. The number of nitrogens with zero attached hydrogens (tertiary/aromatic N) is 3. The molecule has 0 bridgehead atoms. The molecule has 2 atom stereocenters. The molecule has 0 aromatic heterocycles. The Morgan fingerprint density at radius 2 is 2.07 bits per heavy atom. The highest BCUT2D eigenvalue weighted by molar-refractivity contribution is 5.74. The standard InChI is InChI=1S/C19H27F2N3O3/c1-22(2)18(25)24-9-7-19(26)6-8-23(12-15(19)13-24)11-14-4-3-5-16(10-14)27-17(20)21/h3-5,10,15,17,26H,6-9,11-13H2,1-2H3/t15-,19-/m0/s1. The van der Waals surface area contributed by atoms with E-state index in [0.29, 0.717) is 39.0 Å². The SMILES string of the molecule is CN(C)C(=O)N1CC[C@@]2(O)CCN(Cc3cccc(OC(F)F)c3)C[C@H]2C1. The van der Waals surface area contributed by atoms with Crippen LogP contribution < -0.4 is 4.74 Å². The fourth-order valence-electron chi connectivity index (χ4n) is 4.05. The largest absolute Gasteiger partial charge is 0.435 e. The molecule has 0 aliphatic carbocycles. The molecule has 150 valence electrons. The van der Waals surface area contributed by atoms with E-state index in [1.807, 2.05) is 6.07 Å². The van der Waals surface area contributed by atoms with Crippen LogP contribution in [0.2, 0.25) is 0 Å². The van der Waals surface area contributed by atoms with Gasteiger partial charge in [-0.2, -0.15) is 8.78 Å². The molecule has 2 aliphatic rings. The highest BCUT2D eigenvalue weighted by Gasteiger charge is 2.45. The maximum Gasteiger partial charge on any atom is 0.387 e. The van der Waals surface area contributed by atoms with E-state index >= 15 is 0 Å². The van der Waals surface area contributed by atoms with Crippen LogP contribution in [0.4, 0.5) is 13.6 Å². The molecule has 1 N–H and O–H groups in total. The van der Waals surface area contributed by atoms with Crippen molar-refractivity contribution in [1.82, 2.24) is 14.7 Å². The highest BCUT2D eigenvalue weighted by atomic mass is 19.3. The Kier molecular flexibility index (Phi) is 5.86. The van der Waals surface area contributed by atoms with Crippen LogP contribution in [0, 0.1) is 5.92 Å². The van der Waals surface area contributed by atoms with Gasteiger partial charge in [-0.15, -0.1) is 0 Å². The number of benzene rings is 1. The molecule has 2 amide bonds. The molecule has 0 unspecified atom stereocenters. The van der Waals surface area contributed by atoms with E-state index < -0.39 is 12.2 Å². The van der Waals surface area contributed by atoms with Crippen molar-refractivity contribution in [2.45, 2.75) is 31.6 Å². The number of piperidine rings is 2. The van der Waals surface area contributed by atoms with E-state index in [4.69, 9.17) is 0 Å². The zero-order valence-electron chi connectivity index (χ0n) is 15.8. The highest BCUT2D eigenvalue weighted by Crippen LogP contribution is 2.36. The third-order valence-electron chi connectivity index (χ3n) is 5.54. The number of urea groups is 1. The maximum absolute atomic E-state index is 12.4. The van der Waals surface area contributed by atoms with Crippen LogP contribution in [0.1, 0.15) is 18.4 Å². The molecule has 2 fully saturated rings. The Morgan fingerprint density at radius 1 is 1.33 bits per heavy atom. The molecule has 0 saturated carbocycles. The number of amides is 2. The summed E-state index contributed by atoms with van der Waals surface area (Å²) in [6.45, 7) is 0.236. The van der Waals surface area contributed by atoms with Crippen LogP contribution in [0.5, 0.6) is 5.75 Å². The van der Waals surface area contributed by atoms with E-state index in [0.717, 1.165) is 12.1 Å². The molecule has 2 aliphatic heterocycles. The van der Waals surface area contributed by atoms with Crippen LogP contribution in [-0.4, -0.2) is 78.3 Å². The summed E-state index contributed by atoms with van der Waals surface area (Å²) in [5.74, 6) is 0.126. The predicted molar refractivity (Wildman–Crippen MR) is 96.7 cm³/mol. The minimum atomic E-state index is -2.84. The summed E-state index contributed by atoms with van der Waals surface area (Å²) >= 11 is 0. The van der Waals surface area contributed by atoms with Gasteiger partial charge < -0.3 is 19.6 Å². The molecule has 6 nitrogen and oxygen atoms in total. The Bertz CT molecular complexity index is 673. The first-order chi connectivity index (χ1) is 12.8. The van der Waals surface area contributed by atoms with Gasteiger partial charge in [0.2, 0.25) is 0 Å². The Labute approximate surface area is 158 Å². The van der Waals surface area contributed by atoms with Crippen molar-refractivity contribution < 1.29 is 23.4 Å². The normalized spacial score (nSPS) is 26.0. The number of ether oxygens (including phenoxy) is 1. The van der Waals surface area contributed by atoms with Crippen LogP contribution in [0.3, 0.4) is 0 Å². The third kappa shape index (κ3) is 4.68. The average molecular weight is 383 g/mol. The lowest BCUT2D eigenvalue weighted by Crippen LogP contribution is -2.61. The number of hydrogen-bond donors (Lipinski definition) is 1. The number of likely N-dealkylation sites (tertiary alicyclic amines) is 2. The summed E-state index contributed by atoms with van der Waals surface area (Å²) < 4.78 is 29.3. The van der Waals surface area contributed by atoms with Crippen molar-refractivity contribution >= 4 is 6.03 Å². The van der Waals surface area contributed by atoms with Crippen LogP contribution in [0.15, 0.2) is 24.3 Å². The topological polar surface area (TPSA) is 56.2 Å². The van der Waals surface area contributed by atoms with E-state index in [1.165, 1.54) is 6.07 Å². The zero-order chi connectivity index (χ0) is 19.6. The lowest BCUT2D eigenvalue weighted by atomic mass is 9.75. The first-order valence-electron chi connectivity index (χ1n) is 9.21. The second kappa shape index (κ2) is 7.98. The summed E-state index contributed by atoms with van der Waals surface area (Å²) in [6.07, 6.45) is 1.23. The molecule has 2 saturated heterocycles. The molecular weight excluding hydrogens is 356 g/mol. The van der Waals surface area contributed by atoms with Crippen molar-refractivity contribution in [2.24, 2.45) is 5.92 Å². The number of fused-ring (bicyclic) bond motifs is 1. The first kappa shape index (κ1) is 19.8. The lowest BCUT2D eigenvalue weighted by molar-refractivity contribution is -0.108. The fraction of sp³-hybridized carbons (Fsp3) is 0.632. The Balaban J connectivity index is 1.64. The van der Waals surface area contributed by atoms with Gasteiger partial charge in [0.15, 0.2) is 0 Å². The smallest absolute Gasteiger partial charge is 0.387 e. The summed E-state index contributed by atoms with van der Waals surface area (Å²) in [5.41, 5.74) is 0.149. The maximum atomic E-state index is 12.4. The van der Waals surface area contributed by atoms with E-state index in [9.17, 15) is 18.7 Å². The second-order valence-corrected chi connectivity index (χ2v) is 7.68. The lowest BCUT2D eigenvalue weighted by Gasteiger charge is -2.50. The predicted octanol–water partition coefficient (Wildman–Crippen LogP) is 2.23. The molecule has 0 radical (unpaired) electrons. The molecule has 27 heavy (non-hydrogen) atoms. The molecule has 1 aromatic rings. The van der Waals surface area contributed by atoms with Gasteiger partial charge in [-0.25, -0.2) is 4.79 Å². The van der Waals surface area contributed by atoms with Crippen molar-refractivity contribution in [3.05, 3.63) is 29.8 Å². The number of carbonyl (C=O) groups excluding carboxylic acids is 1. The molecule has 0 spiro atoms. The van der Waals surface area contributed by atoms with Crippen molar-refractivity contribution in [2.75, 3.05) is 40.3 Å². The van der Waals surface area contributed by atoms with Crippen LogP contribution in [0.25, 0.3) is 0 Å². The van der Waals surface area contributed by atoms with Crippen molar-refractivity contribution in [1.29, 1.82) is 0 Å². The number of hydrogen-bond acceptors (Lipinski definition) is 4. The minimum Gasteiger partial charge on any atom is -0.435 e. The van der Waals surface area contributed by atoms with Gasteiger partial charge >= 0.3 is 12.6 Å². The zero-order valence-corrected chi connectivity index (χ0v) is 15.8. The van der Waals surface area contributed by atoms with Gasteiger partial charge in [0.05, 0.1) is 5.60 Å². The summed E-state index contributed by atoms with van der Waals surface area (Å²) in [5, 5.41) is 11.0. The van der Waals surface area contributed by atoms with Crippen LogP contribution in [-0.2, 0) is 6.54 Å². The number of alkyl halides is 2. The van der Waals surface area contributed by atoms with Gasteiger partial charge in [-0.1, -0.05) is 12.1 Å². The molecule has 2 heterocycles. The number of halogens is 2. The van der Waals surface area contributed by atoms with Crippen LogP contribution >= 0.6 is 0 Å². The van der Waals surface area contributed by atoms with Gasteiger partial charge in [0.25, 0.3) is 0 Å².